The highest BCUT2D eigenvalue weighted by molar-refractivity contribution is 5.65. The van der Waals surface area contributed by atoms with Crippen LogP contribution < -0.4 is 4.90 Å². The first-order chi connectivity index (χ1) is 9.42. The molecule has 0 saturated carbocycles. The van der Waals surface area contributed by atoms with Gasteiger partial charge in [-0.25, -0.2) is 19.9 Å². The van der Waals surface area contributed by atoms with Crippen LogP contribution in [0.25, 0.3) is 11.3 Å². The molecule has 5 heteroatoms. The topological polar surface area (TPSA) is 54.8 Å². The Labute approximate surface area is 111 Å². The van der Waals surface area contributed by atoms with Gasteiger partial charge in [0.25, 0.3) is 0 Å². The van der Waals surface area contributed by atoms with E-state index in [1.165, 1.54) is 24.1 Å². The van der Waals surface area contributed by atoms with Crippen LogP contribution in [0.4, 0.5) is 5.95 Å². The number of anilines is 1. The molecule has 5 nitrogen and oxygen atoms in total. The molecule has 0 bridgehead atoms. The lowest BCUT2D eigenvalue weighted by Gasteiger charge is -2.31. The molecule has 2 aromatic rings. The van der Waals surface area contributed by atoms with E-state index in [0.29, 0.717) is 0 Å². The van der Waals surface area contributed by atoms with E-state index >= 15 is 0 Å². The summed E-state index contributed by atoms with van der Waals surface area (Å²) >= 11 is 0. The Morgan fingerprint density at radius 2 is 1.79 bits per heavy atom. The van der Waals surface area contributed by atoms with Gasteiger partial charge in [0.2, 0.25) is 5.95 Å². The molecule has 96 valence electrons. The fourth-order valence-electron chi connectivity index (χ4n) is 2.74. The van der Waals surface area contributed by atoms with E-state index in [1.807, 2.05) is 12.4 Å². The van der Waals surface area contributed by atoms with Gasteiger partial charge in [-0.15, -0.1) is 0 Å². The van der Waals surface area contributed by atoms with Gasteiger partial charge in [0, 0.05) is 42.3 Å². The molecule has 0 unspecified atom stereocenters. The van der Waals surface area contributed by atoms with Gasteiger partial charge in [0.1, 0.15) is 6.33 Å². The van der Waals surface area contributed by atoms with Gasteiger partial charge >= 0.3 is 0 Å². The van der Waals surface area contributed by atoms with Crippen LogP contribution >= 0.6 is 0 Å². The summed E-state index contributed by atoms with van der Waals surface area (Å²) in [5.74, 6) is 0.880. The smallest absolute Gasteiger partial charge is 0.226 e. The standard InChI is InChI=1S/C14H15N5/c1-3-11-12(4-1)17-14(19-5-2-6-19)18-13(11)10-7-15-9-16-8-10/h7-9H,1-6H2. The monoisotopic (exact) mass is 253 g/mol. The third-order valence-electron chi connectivity index (χ3n) is 3.89. The number of aryl methyl sites for hydroxylation is 1. The molecule has 1 aliphatic carbocycles. The minimum absolute atomic E-state index is 0.880. The lowest BCUT2D eigenvalue weighted by Crippen LogP contribution is -2.38. The highest BCUT2D eigenvalue weighted by Gasteiger charge is 2.24. The minimum atomic E-state index is 0.880. The summed E-state index contributed by atoms with van der Waals surface area (Å²) in [6.07, 6.45) is 9.79. The molecule has 2 aliphatic rings. The predicted octanol–water partition coefficient (Wildman–Crippen LogP) is 1.63. The molecule has 0 amide bonds. The number of hydrogen-bond acceptors (Lipinski definition) is 5. The maximum Gasteiger partial charge on any atom is 0.226 e. The predicted molar refractivity (Wildman–Crippen MR) is 71.9 cm³/mol. The van der Waals surface area contributed by atoms with Crippen LogP contribution in [0.3, 0.4) is 0 Å². The molecule has 1 saturated heterocycles. The van der Waals surface area contributed by atoms with Gasteiger partial charge in [-0.3, -0.25) is 0 Å². The van der Waals surface area contributed by atoms with Gasteiger partial charge < -0.3 is 4.90 Å². The molecule has 0 spiro atoms. The average molecular weight is 253 g/mol. The highest BCUT2D eigenvalue weighted by Crippen LogP contribution is 2.31. The van der Waals surface area contributed by atoms with E-state index in [2.05, 4.69) is 14.9 Å². The normalized spacial score (nSPS) is 17.2. The van der Waals surface area contributed by atoms with E-state index in [4.69, 9.17) is 9.97 Å². The second kappa shape index (κ2) is 4.26. The third kappa shape index (κ3) is 1.77. The number of nitrogens with zero attached hydrogens (tertiary/aromatic N) is 5. The second-order valence-electron chi connectivity index (χ2n) is 5.12. The molecule has 1 fully saturated rings. The molecule has 4 rings (SSSR count). The summed E-state index contributed by atoms with van der Waals surface area (Å²) in [6.45, 7) is 2.15. The second-order valence-corrected chi connectivity index (χ2v) is 5.12. The van der Waals surface area contributed by atoms with Gasteiger partial charge in [0.05, 0.1) is 5.69 Å². The van der Waals surface area contributed by atoms with E-state index in [-0.39, 0.29) is 0 Å². The fourth-order valence-corrected chi connectivity index (χ4v) is 2.74. The van der Waals surface area contributed by atoms with Gasteiger partial charge in [-0.1, -0.05) is 0 Å². The van der Waals surface area contributed by atoms with Crippen molar-refractivity contribution in [2.45, 2.75) is 25.7 Å². The van der Waals surface area contributed by atoms with Crippen molar-refractivity contribution in [3.8, 4) is 11.3 Å². The Kier molecular flexibility index (Phi) is 2.43. The van der Waals surface area contributed by atoms with Crippen molar-refractivity contribution >= 4 is 5.95 Å². The lowest BCUT2D eigenvalue weighted by atomic mass is 10.1. The first kappa shape index (κ1) is 10.8. The molecule has 1 aliphatic heterocycles. The molecular weight excluding hydrogens is 238 g/mol. The van der Waals surface area contributed by atoms with Crippen LogP contribution in [0.1, 0.15) is 24.1 Å². The maximum absolute atomic E-state index is 4.77. The van der Waals surface area contributed by atoms with E-state index in [0.717, 1.165) is 43.1 Å². The van der Waals surface area contributed by atoms with Crippen molar-refractivity contribution in [2.75, 3.05) is 18.0 Å². The molecular formula is C14H15N5. The van der Waals surface area contributed by atoms with Gasteiger partial charge in [-0.05, 0) is 25.7 Å². The maximum atomic E-state index is 4.77. The van der Waals surface area contributed by atoms with Crippen LogP contribution in [0, 0.1) is 0 Å². The third-order valence-corrected chi connectivity index (χ3v) is 3.89. The van der Waals surface area contributed by atoms with E-state index in [9.17, 15) is 0 Å². The summed E-state index contributed by atoms with van der Waals surface area (Å²) in [7, 11) is 0. The zero-order valence-corrected chi connectivity index (χ0v) is 10.7. The van der Waals surface area contributed by atoms with Crippen molar-refractivity contribution in [3.05, 3.63) is 30.0 Å². The Bertz CT molecular complexity index is 607. The molecule has 0 atom stereocenters. The first-order valence-electron chi connectivity index (χ1n) is 6.82. The summed E-state index contributed by atoms with van der Waals surface area (Å²) < 4.78 is 0. The van der Waals surface area contributed by atoms with E-state index in [1.54, 1.807) is 6.33 Å². The highest BCUT2D eigenvalue weighted by atomic mass is 15.3. The van der Waals surface area contributed by atoms with Crippen molar-refractivity contribution in [1.82, 2.24) is 19.9 Å². The first-order valence-corrected chi connectivity index (χ1v) is 6.82. The molecule has 0 N–H and O–H groups in total. The fraction of sp³-hybridized carbons (Fsp3) is 0.429. The Morgan fingerprint density at radius 3 is 2.53 bits per heavy atom. The van der Waals surface area contributed by atoms with Crippen molar-refractivity contribution < 1.29 is 0 Å². The minimum Gasteiger partial charge on any atom is -0.341 e. The number of aromatic nitrogens is 4. The van der Waals surface area contributed by atoms with E-state index < -0.39 is 0 Å². The number of fused-ring (bicyclic) bond motifs is 1. The van der Waals surface area contributed by atoms with Gasteiger partial charge in [0.15, 0.2) is 0 Å². The summed E-state index contributed by atoms with van der Waals surface area (Å²) in [4.78, 5) is 20.0. The molecule has 0 radical (unpaired) electrons. The van der Waals surface area contributed by atoms with Crippen LogP contribution in [0.15, 0.2) is 18.7 Å². The average Bonchev–Trinajstić information content (AvgIpc) is 2.85. The largest absolute Gasteiger partial charge is 0.341 e. The van der Waals surface area contributed by atoms with Crippen molar-refractivity contribution in [1.29, 1.82) is 0 Å². The van der Waals surface area contributed by atoms with Gasteiger partial charge in [-0.2, -0.15) is 0 Å². The lowest BCUT2D eigenvalue weighted by molar-refractivity contribution is 0.599. The number of rotatable bonds is 2. The Hall–Kier alpha value is -2.04. The van der Waals surface area contributed by atoms with Crippen LogP contribution in [-0.4, -0.2) is 33.0 Å². The number of hydrogen-bond donors (Lipinski definition) is 0. The Morgan fingerprint density at radius 1 is 0.947 bits per heavy atom. The summed E-state index contributed by atoms with van der Waals surface area (Å²) in [5, 5.41) is 0. The van der Waals surface area contributed by atoms with Crippen molar-refractivity contribution in [3.63, 3.8) is 0 Å². The molecule has 19 heavy (non-hydrogen) atoms. The van der Waals surface area contributed by atoms with Crippen LogP contribution in [0.5, 0.6) is 0 Å². The van der Waals surface area contributed by atoms with Crippen molar-refractivity contribution in [2.24, 2.45) is 0 Å². The van der Waals surface area contributed by atoms with Crippen LogP contribution in [-0.2, 0) is 12.8 Å². The zero-order chi connectivity index (χ0) is 12.7. The Balaban J connectivity index is 1.86. The quantitative estimate of drug-likeness (QED) is 0.814. The zero-order valence-electron chi connectivity index (χ0n) is 10.7. The SMILES string of the molecule is c1ncc(-c2nc(N3CCC3)nc3c2CCC3)cn1. The molecule has 0 aromatic carbocycles. The summed E-state index contributed by atoms with van der Waals surface area (Å²) in [5.41, 5.74) is 4.55. The molecule has 3 heterocycles. The van der Waals surface area contributed by atoms with Crippen LogP contribution in [0.2, 0.25) is 0 Å². The summed E-state index contributed by atoms with van der Waals surface area (Å²) in [6, 6.07) is 0. The molecule has 2 aromatic heterocycles.